The fourth-order valence-corrected chi connectivity index (χ4v) is 5.64. The van der Waals surface area contributed by atoms with Crippen LogP contribution in [0.15, 0.2) is 89.8 Å². The van der Waals surface area contributed by atoms with Gasteiger partial charge in [0.15, 0.2) is 6.61 Å². The summed E-state index contributed by atoms with van der Waals surface area (Å²) in [7, 11) is -3.88. The maximum Gasteiger partial charge on any atom is 0.262 e. The van der Waals surface area contributed by atoms with E-state index in [1.807, 2.05) is 30.3 Å². The predicted octanol–water partition coefficient (Wildman–Crippen LogP) is 6.08. The molecule has 0 saturated carbocycles. The summed E-state index contributed by atoms with van der Waals surface area (Å²) in [5, 5.41) is 5.06. The molecule has 1 amide bonds. The van der Waals surface area contributed by atoms with Gasteiger partial charge in [0.05, 0.1) is 4.90 Å². The molecule has 0 radical (unpaired) electrons. The number of carbonyl (C=O) groups is 1. The van der Waals surface area contributed by atoms with Gasteiger partial charge in [0.25, 0.3) is 15.9 Å². The molecule has 0 spiro atoms. The SMILES string of the molecule is CCn1c2ccccc2c2cc(NC(=O)COc3ccc(S(=O)(=O)Nc4ccc(F)cc4)cc3C)ccc21. The number of aromatic nitrogens is 1. The quantitative estimate of drug-likeness (QED) is 0.254. The molecule has 4 aromatic carbocycles. The van der Waals surface area contributed by atoms with E-state index in [1.165, 1.54) is 42.5 Å². The van der Waals surface area contributed by atoms with Gasteiger partial charge in [-0.1, -0.05) is 18.2 Å². The normalized spacial score (nSPS) is 11.6. The van der Waals surface area contributed by atoms with E-state index < -0.39 is 15.8 Å². The first-order chi connectivity index (χ1) is 18.2. The molecule has 1 heterocycles. The van der Waals surface area contributed by atoms with Gasteiger partial charge in [-0.15, -0.1) is 0 Å². The number of aryl methyl sites for hydroxylation is 2. The molecule has 0 bridgehead atoms. The van der Waals surface area contributed by atoms with Crippen LogP contribution in [0.4, 0.5) is 15.8 Å². The zero-order valence-corrected chi connectivity index (χ0v) is 21.7. The molecule has 1 aromatic heterocycles. The number of hydrogen-bond acceptors (Lipinski definition) is 4. The Morgan fingerprint density at radius 3 is 2.34 bits per heavy atom. The summed E-state index contributed by atoms with van der Waals surface area (Å²) >= 11 is 0. The van der Waals surface area contributed by atoms with Crippen LogP contribution in [-0.4, -0.2) is 25.5 Å². The molecule has 0 unspecified atom stereocenters. The molecule has 2 N–H and O–H groups in total. The Morgan fingerprint density at radius 1 is 0.895 bits per heavy atom. The second-order valence-corrected chi connectivity index (χ2v) is 10.6. The van der Waals surface area contributed by atoms with Crippen LogP contribution in [0.3, 0.4) is 0 Å². The van der Waals surface area contributed by atoms with E-state index >= 15 is 0 Å². The van der Waals surface area contributed by atoms with Crippen molar-refractivity contribution in [3.8, 4) is 5.75 Å². The Labute approximate surface area is 219 Å². The van der Waals surface area contributed by atoms with Crippen molar-refractivity contribution < 1.29 is 22.3 Å². The number of nitrogens with zero attached hydrogens (tertiary/aromatic N) is 1. The van der Waals surface area contributed by atoms with Gasteiger partial charge >= 0.3 is 0 Å². The minimum absolute atomic E-state index is 0.0238. The first-order valence-electron chi connectivity index (χ1n) is 12.1. The minimum Gasteiger partial charge on any atom is -0.483 e. The second-order valence-electron chi connectivity index (χ2n) is 8.87. The van der Waals surface area contributed by atoms with Gasteiger partial charge in [-0.25, -0.2) is 12.8 Å². The highest BCUT2D eigenvalue weighted by atomic mass is 32.2. The third kappa shape index (κ3) is 5.05. The summed E-state index contributed by atoms with van der Waals surface area (Å²) in [6, 6.07) is 23.4. The molecule has 9 heteroatoms. The molecular weight excluding hydrogens is 505 g/mol. The molecular formula is C29H26FN3O4S. The molecule has 0 aliphatic carbocycles. The smallest absolute Gasteiger partial charge is 0.262 e. The van der Waals surface area contributed by atoms with Crippen LogP contribution in [-0.2, 0) is 21.4 Å². The Balaban J connectivity index is 1.26. The fourth-order valence-electron chi connectivity index (χ4n) is 4.50. The number of sulfonamides is 1. The van der Waals surface area contributed by atoms with Gasteiger partial charge in [0, 0.05) is 39.7 Å². The van der Waals surface area contributed by atoms with Gasteiger partial charge in [0.1, 0.15) is 11.6 Å². The zero-order valence-electron chi connectivity index (χ0n) is 20.9. The largest absolute Gasteiger partial charge is 0.483 e. The van der Waals surface area contributed by atoms with Crippen molar-refractivity contribution in [2.24, 2.45) is 0 Å². The van der Waals surface area contributed by atoms with E-state index in [2.05, 4.69) is 33.7 Å². The number of amides is 1. The minimum atomic E-state index is -3.88. The third-order valence-corrected chi connectivity index (χ3v) is 7.66. The van der Waals surface area contributed by atoms with Crippen molar-refractivity contribution in [3.05, 3.63) is 96.3 Å². The second kappa shape index (κ2) is 10.2. The van der Waals surface area contributed by atoms with E-state index in [1.54, 1.807) is 6.92 Å². The lowest BCUT2D eigenvalue weighted by molar-refractivity contribution is -0.118. The molecule has 0 saturated heterocycles. The number of carbonyl (C=O) groups excluding carboxylic acids is 1. The van der Waals surface area contributed by atoms with E-state index in [0.29, 0.717) is 17.0 Å². The van der Waals surface area contributed by atoms with Crippen molar-refractivity contribution in [2.45, 2.75) is 25.3 Å². The molecule has 0 atom stereocenters. The van der Waals surface area contributed by atoms with Gasteiger partial charge < -0.3 is 14.6 Å². The van der Waals surface area contributed by atoms with Gasteiger partial charge in [0.2, 0.25) is 0 Å². The number of rotatable bonds is 8. The van der Waals surface area contributed by atoms with Crippen molar-refractivity contribution in [1.29, 1.82) is 0 Å². The average molecular weight is 532 g/mol. The lowest BCUT2D eigenvalue weighted by Gasteiger charge is -2.12. The Bertz CT molecular complexity index is 1760. The van der Waals surface area contributed by atoms with E-state index in [-0.39, 0.29) is 23.1 Å². The van der Waals surface area contributed by atoms with Crippen molar-refractivity contribution in [2.75, 3.05) is 16.6 Å². The first kappa shape index (κ1) is 25.3. The Morgan fingerprint density at radius 2 is 1.61 bits per heavy atom. The highest BCUT2D eigenvalue weighted by Gasteiger charge is 2.17. The lowest BCUT2D eigenvalue weighted by atomic mass is 10.1. The van der Waals surface area contributed by atoms with Crippen LogP contribution in [0.2, 0.25) is 0 Å². The molecule has 7 nitrogen and oxygen atoms in total. The number of anilines is 2. The fraction of sp³-hybridized carbons (Fsp3) is 0.138. The number of ether oxygens (including phenoxy) is 1. The molecule has 0 fully saturated rings. The highest BCUT2D eigenvalue weighted by Crippen LogP contribution is 2.31. The summed E-state index contributed by atoms with van der Waals surface area (Å²) in [5.41, 5.74) is 3.70. The van der Waals surface area contributed by atoms with Crippen LogP contribution in [0, 0.1) is 12.7 Å². The van der Waals surface area contributed by atoms with Crippen LogP contribution in [0.25, 0.3) is 21.8 Å². The molecule has 5 aromatic rings. The molecule has 5 rings (SSSR count). The number of para-hydroxylation sites is 1. The average Bonchev–Trinajstić information content (AvgIpc) is 3.22. The van der Waals surface area contributed by atoms with Crippen molar-refractivity contribution in [3.63, 3.8) is 0 Å². The molecule has 0 aliphatic heterocycles. The summed E-state index contributed by atoms with van der Waals surface area (Å²) in [6.07, 6.45) is 0. The van der Waals surface area contributed by atoms with Crippen LogP contribution in [0.1, 0.15) is 12.5 Å². The number of halogens is 1. The summed E-state index contributed by atoms with van der Waals surface area (Å²) in [5.74, 6) is -0.404. The Hall–Kier alpha value is -4.37. The number of hydrogen-bond donors (Lipinski definition) is 2. The predicted molar refractivity (Wildman–Crippen MR) is 148 cm³/mol. The maximum atomic E-state index is 13.1. The van der Waals surface area contributed by atoms with Gasteiger partial charge in [-0.05, 0) is 86.1 Å². The Kier molecular flexibility index (Phi) is 6.77. The van der Waals surface area contributed by atoms with Crippen molar-refractivity contribution >= 4 is 49.1 Å². The van der Waals surface area contributed by atoms with E-state index in [0.717, 1.165) is 28.4 Å². The van der Waals surface area contributed by atoms with E-state index in [9.17, 15) is 17.6 Å². The zero-order chi connectivity index (χ0) is 26.9. The summed E-state index contributed by atoms with van der Waals surface area (Å²) in [4.78, 5) is 12.7. The van der Waals surface area contributed by atoms with E-state index in [4.69, 9.17) is 4.74 Å². The lowest BCUT2D eigenvalue weighted by Crippen LogP contribution is -2.20. The van der Waals surface area contributed by atoms with Gasteiger partial charge in [-0.3, -0.25) is 9.52 Å². The molecule has 38 heavy (non-hydrogen) atoms. The maximum absolute atomic E-state index is 13.1. The van der Waals surface area contributed by atoms with Gasteiger partial charge in [-0.2, -0.15) is 0 Å². The van der Waals surface area contributed by atoms with Crippen LogP contribution >= 0.6 is 0 Å². The monoisotopic (exact) mass is 531 g/mol. The summed E-state index contributed by atoms with van der Waals surface area (Å²) in [6.45, 7) is 4.40. The standard InChI is InChI=1S/C29H26FN3O4S/c1-3-33-26-7-5-4-6-24(26)25-17-22(12-14-27(25)33)31-29(34)18-37-28-15-13-23(16-19(28)2)38(35,36)32-21-10-8-20(30)9-11-21/h4-17,32H,3,18H2,1-2H3,(H,31,34). The van der Waals surface area contributed by atoms with Crippen LogP contribution < -0.4 is 14.8 Å². The number of fused-ring (bicyclic) bond motifs is 3. The molecule has 0 aliphatic rings. The highest BCUT2D eigenvalue weighted by molar-refractivity contribution is 7.92. The number of nitrogens with one attached hydrogen (secondary N) is 2. The number of benzene rings is 4. The first-order valence-corrected chi connectivity index (χ1v) is 13.6. The van der Waals surface area contributed by atoms with Crippen molar-refractivity contribution in [1.82, 2.24) is 4.57 Å². The third-order valence-electron chi connectivity index (χ3n) is 6.28. The molecule has 194 valence electrons. The van der Waals surface area contributed by atoms with Crippen LogP contribution in [0.5, 0.6) is 5.75 Å². The summed E-state index contributed by atoms with van der Waals surface area (Å²) < 4.78 is 48.8. The topological polar surface area (TPSA) is 89.4 Å².